The Kier molecular flexibility index (Phi) is 6.55. The monoisotopic (exact) mass is 408 g/mol. The molecule has 0 bridgehead atoms. The molecular formula is C14H22Br2N2O2. The molecule has 2 N–H and O–H groups in total. The van der Waals surface area contributed by atoms with Gasteiger partial charge in [0.2, 0.25) is 0 Å². The molecule has 0 radical (unpaired) electrons. The second-order valence-corrected chi connectivity index (χ2v) is 6.73. The predicted octanol–water partition coefficient (Wildman–Crippen LogP) is 3.70. The fourth-order valence-electron chi connectivity index (χ4n) is 2.64. The summed E-state index contributed by atoms with van der Waals surface area (Å²) in [6.45, 7) is 5.50. The summed E-state index contributed by atoms with van der Waals surface area (Å²) in [5.74, 6) is 0.905. The first-order valence-corrected chi connectivity index (χ1v) is 8.74. The molecule has 1 saturated heterocycles. The van der Waals surface area contributed by atoms with Gasteiger partial charge in [0.05, 0.1) is 16.6 Å². The van der Waals surface area contributed by atoms with Gasteiger partial charge < -0.3 is 14.9 Å². The standard InChI is InChI=1S/C14H22Br2N2O2/c1-2-6-19-10-4-3-5-18(9-10)12(8-17)13-7-11(15)14(16)20-13/h7,10,12H,2-6,8-9,17H2,1H3. The molecule has 6 heteroatoms. The molecule has 2 heterocycles. The molecule has 2 atom stereocenters. The Labute approximate surface area is 137 Å². The normalized spacial score (nSPS) is 22.1. The SMILES string of the molecule is CCCOC1CCCN(C(CN)c2cc(Br)c(Br)o2)C1. The van der Waals surface area contributed by atoms with Crippen molar-refractivity contribution in [2.24, 2.45) is 5.73 Å². The molecule has 1 aliphatic rings. The Bertz CT molecular complexity index is 406. The van der Waals surface area contributed by atoms with Crippen LogP contribution in [-0.4, -0.2) is 37.2 Å². The Morgan fingerprint density at radius 3 is 2.95 bits per heavy atom. The Morgan fingerprint density at radius 2 is 2.35 bits per heavy atom. The third-order valence-corrected chi connectivity index (χ3v) is 5.33. The Morgan fingerprint density at radius 1 is 1.55 bits per heavy atom. The minimum atomic E-state index is 0.116. The van der Waals surface area contributed by atoms with E-state index < -0.39 is 0 Å². The number of hydrogen-bond acceptors (Lipinski definition) is 4. The lowest BCUT2D eigenvalue weighted by molar-refractivity contribution is -0.0144. The largest absolute Gasteiger partial charge is 0.451 e. The third-order valence-electron chi connectivity index (χ3n) is 3.62. The molecule has 114 valence electrons. The molecule has 1 aromatic rings. The van der Waals surface area contributed by atoms with E-state index in [0.717, 1.165) is 53.9 Å². The molecule has 0 aromatic carbocycles. The van der Waals surface area contributed by atoms with Crippen LogP contribution in [0, 0.1) is 0 Å². The van der Waals surface area contributed by atoms with Crippen molar-refractivity contribution in [3.63, 3.8) is 0 Å². The van der Waals surface area contributed by atoms with Crippen LogP contribution in [0.1, 0.15) is 38.0 Å². The zero-order valence-electron chi connectivity index (χ0n) is 11.8. The van der Waals surface area contributed by atoms with E-state index in [4.69, 9.17) is 14.9 Å². The topological polar surface area (TPSA) is 51.6 Å². The van der Waals surface area contributed by atoms with Crippen LogP contribution in [-0.2, 0) is 4.74 Å². The summed E-state index contributed by atoms with van der Waals surface area (Å²) in [5, 5.41) is 0. The number of likely N-dealkylation sites (tertiary alicyclic amines) is 1. The van der Waals surface area contributed by atoms with E-state index >= 15 is 0 Å². The van der Waals surface area contributed by atoms with Crippen molar-refractivity contribution < 1.29 is 9.15 Å². The second kappa shape index (κ2) is 7.94. The summed E-state index contributed by atoms with van der Waals surface area (Å²) < 4.78 is 13.3. The lowest BCUT2D eigenvalue weighted by atomic mass is 10.0. The van der Waals surface area contributed by atoms with Crippen molar-refractivity contribution >= 4 is 31.9 Å². The molecule has 2 rings (SSSR count). The molecule has 0 spiro atoms. The highest BCUT2D eigenvalue weighted by atomic mass is 79.9. The van der Waals surface area contributed by atoms with Crippen LogP contribution < -0.4 is 5.73 Å². The number of halogens is 2. The second-order valence-electron chi connectivity index (χ2n) is 5.15. The van der Waals surface area contributed by atoms with Crippen LogP contribution in [0.25, 0.3) is 0 Å². The van der Waals surface area contributed by atoms with Crippen LogP contribution in [0.15, 0.2) is 19.6 Å². The van der Waals surface area contributed by atoms with E-state index in [1.165, 1.54) is 0 Å². The average molecular weight is 410 g/mol. The van der Waals surface area contributed by atoms with Gasteiger partial charge in [0.15, 0.2) is 4.67 Å². The van der Waals surface area contributed by atoms with Crippen molar-refractivity contribution in [2.45, 2.75) is 38.3 Å². The highest BCUT2D eigenvalue weighted by Crippen LogP contribution is 2.33. The first-order chi connectivity index (χ1) is 9.65. The summed E-state index contributed by atoms with van der Waals surface area (Å²) in [4.78, 5) is 2.38. The fraction of sp³-hybridized carbons (Fsp3) is 0.714. The van der Waals surface area contributed by atoms with Crippen molar-refractivity contribution in [1.29, 1.82) is 0 Å². The number of hydrogen-bond donors (Lipinski definition) is 1. The number of piperidine rings is 1. The summed E-state index contributed by atoms with van der Waals surface area (Å²) in [7, 11) is 0. The van der Waals surface area contributed by atoms with Crippen molar-refractivity contribution in [1.82, 2.24) is 4.90 Å². The van der Waals surface area contributed by atoms with Gasteiger partial charge in [0, 0.05) is 19.7 Å². The summed E-state index contributed by atoms with van der Waals surface area (Å²) in [6.07, 6.45) is 3.67. The van der Waals surface area contributed by atoms with Crippen molar-refractivity contribution in [2.75, 3.05) is 26.2 Å². The van der Waals surface area contributed by atoms with Gasteiger partial charge in [-0.1, -0.05) is 6.92 Å². The molecule has 4 nitrogen and oxygen atoms in total. The lowest BCUT2D eigenvalue weighted by Crippen LogP contribution is -2.44. The van der Waals surface area contributed by atoms with E-state index in [2.05, 4.69) is 43.7 Å². The molecule has 0 saturated carbocycles. The molecule has 2 unspecified atom stereocenters. The first kappa shape index (κ1) is 16.5. The van der Waals surface area contributed by atoms with Gasteiger partial charge in [-0.3, -0.25) is 4.90 Å². The maximum atomic E-state index is 5.97. The van der Waals surface area contributed by atoms with Gasteiger partial charge in [-0.05, 0) is 63.7 Å². The van der Waals surface area contributed by atoms with Gasteiger partial charge in [-0.2, -0.15) is 0 Å². The van der Waals surface area contributed by atoms with Crippen molar-refractivity contribution in [3.05, 3.63) is 21.0 Å². The number of nitrogens with two attached hydrogens (primary N) is 1. The Balaban J connectivity index is 2.03. The van der Waals surface area contributed by atoms with Crippen LogP contribution in [0.2, 0.25) is 0 Å². The lowest BCUT2D eigenvalue weighted by Gasteiger charge is -2.36. The highest BCUT2D eigenvalue weighted by molar-refractivity contribution is 9.13. The van der Waals surface area contributed by atoms with Gasteiger partial charge in [0.1, 0.15) is 5.76 Å². The number of furan rings is 1. The third kappa shape index (κ3) is 4.07. The molecule has 1 aromatic heterocycles. The summed E-state index contributed by atoms with van der Waals surface area (Å²) in [6, 6.07) is 2.11. The predicted molar refractivity (Wildman–Crippen MR) is 86.7 cm³/mol. The number of ether oxygens (including phenoxy) is 1. The van der Waals surface area contributed by atoms with Gasteiger partial charge in [-0.15, -0.1) is 0 Å². The maximum Gasteiger partial charge on any atom is 0.183 e. The van der Waals surface area contributed by atoms with Gasteiger partial charge in [-0.25, -0.2) is 0 Å². The smallest absolute Gasteiger partial charge is 0.183 e. The zero-order chi connectivity index (χ0) is 14.5. The van der Waals surface area contributed by atoms with E-state index in [0.29, 0.717) is 12.6 Å². The maximum absolute atomic E-state index is 5.97. The Hall–Kier alpha value is 0.120. The zero-order valence-corrected chi connectivity index (χ0v) is 15.0. The van der Waals surface area contributed by atoms with Crippen molar-refractivity contribution in [3.8, 4) is 0 Å². The van der Waals surface area contributed by atoms with Crippen LogP contribution >= 0.6 is 31.9 Å². The quantitative estimate of drug-likeness (QED) is 0.778. The van der Waals surface area contributed by atoms with E-state index in [9.17, 15) is 0 Å². The van der Waals surface area contributed by atoms with E-state index in [1.807, 2.05) is 6.07 Å². The van der Waals surface area contributed by atoms with Crippen LogP contribution in [0.3, 0.4) is 0 Å². The first-order valence-electron chi connectivity index (χ1n) is 7.16. The van der Waals surface area contributed by atoms with Gasteiger partial charge >= 0.3 is 0 Å². The summed E-state index contributed by atoms with van der Waals surface area (Å²) in [5.41, 5.74) is 5.97. The minimum Gasteiger partial charge on any atom is -0.451 e. The van der Waals surface area contributed by atoms with E-state index in [1.54, 1.807) is 0 Å². The molecular weight excluding hydrogens is 388 g/mol. The van der Waals surface area contributed by atoms with Gasteiger partial charge in [0.25, 0.3) is 0 Å². The molecule has 1 aliphatic heterocycles. The van der Waals surface area contributed by atoms with Crippen LogP contribution in [0.4, 0.5) is 0 Å². The number of nitrogens with zero attached hydrogens (tertiary/aromatic N) is 1. The van der Waals surface area contributed by atoms with Crippen LogP contribution in [0.5, 0.6) is 0 Å². The minimum absolute atomic E-state index is 0.116. The van der Waals surface area contributed by atoms with E-state index in [-0.39, 0.29) is 6.04 Å². The molecule has 0 aliphatic carbocycles. The molecule has 1 fully saturated rings. The highest BCUT2D eigenvalue weighted by Gasteiger charge is 2.28. The average Bonchev–Trinajstić information content (AvgIpc) is 2.77. The summed E-state index contributed by atoms with van der Waals surface area (Å²) >= 11 is 6.85. The number of rotatable bonds is 6. The fourth-order valence-corrected chi connectivity index (χ4v) is 3.25. The molecule has 0 amide bonds. The molecule has 20 heavy (non-hydrogen) atoms.